The molecule has 152 valence electrons. The van der Waals surface area contributed by atoms with Crippen molar-refractivity contribution in [1.82, 2.24) is 0 Å². The molecule has 0 saturated heterocycles. The molecular formula is C24H39NO2. The largest absolute Gasteiger partial charge is 0.393 e. The fourth-order valence-electron chi connectivity index (χ4n) is 8.48. The Balaban J connectivity index is 1.59. The van der Waals surface area contributed by atoms with E-state index < -0.39 is 0 Å². The van der Waals surface area contributed by atoms with Crippen LogP contribution in [-0.2, 0) is 4.79 Å². The Hall–Kier alpha value is -0.700. The van der Waals surface area contributed by atoms with Crippen molar-refractivity contribution in [1.29, 1.82) is 5.41 Å². The first-order valence-corrected chi connectivity index (χ1v) is 11.5. The summed E-state index contributed by atoms with van der Waals surface area (Å²) in [6.45, 7) is 7.38. The van der Waals surface area contributed by atoms with Crippen LogP contribution in [0.25, 0.3) is 0 Å². The highest BCUT2D eigenvalue weighted by Gasteiger charge is 2.62. The van der Waals surface area contributed by atoms with Crippen molar-refractivity contribution >= 4 is 12.0 Å². The zero-order valence-electron chi connectivity index (χ0n) is 17.5. The molecule has 0 aromatic carbocycles. The van der Waals surface area contributed by atoms with Crippen LogP contribution >= 0.6 is 0 Å². The zero-order chi connectivity index (χ0) is 19.4. The molecule has 0 spiro atoms. The quantitative estimate of drug-likeness (QED) is 0.661. The predicted molar refractivity (Wildman–Crippen MR) is 109 cm³/mol. The fourth-order valence-corrected chi connectivity index (χ4v) is 8.48. The number of aliphatic hydroxyl groups is 1. The standard InChI is InChI=1S/C24H39NO2/c1-15(5-4-12-26)18-6-7-19-22-20(9-11-24(18,19)3)23(2)10-8-17(27)13-16(23)14-21(22)25/h12,15-20,22,25,27H,4-11,13-14H2,1-3H3/t15-,16?,17-,18?,19?,20?,22?,23?,24?/m1/s1. The Morgan fingerprint density at radius 2 is 1.85 bits per heavy atom. The van der Waals surface area contributed by atoms with Gasteiger partial charge in [-0.05, 0) is 98.2 Å². The van der Waals surface area contributed by atoms with E-state index in [0.29, 0.717) is 46.8 Å². The Labute approximate surface area is 165 Å². The van der Waals surface area contributed by atoms with Gasteiger partial charge in [-0.2, -0.15) is 0 Å². The van der Waals surface area contributed by atoms with Gasteiger partial charge in [-0.15, -0.1) is 0 Å². The van der Waals surface area contributed by atoms with Crippen molar-refractivity contribution in [2.45, 2.75) is 91.1 Å². The van der Waals surface area contributed by atoms with Gasteiger partial charge in [-0.1, -0.05) is 20.8 Å². The van der Waals surface area contributed by atoms with Crippen LogP contribution in [0.2, 0.25) is 0 Å². The molecule has 0 bridgehead atoms. The van der Waals surface area contributed by atoms with Gasteiger partial charge >= 0.3 is 0 Å². The maximum Gasteiger partial charge on any atom is 0.120 e. The second-order valence-corrected chi connectivity index (χ2v) is 11.0. The summed E-state index contributed by atoms with van der Waals surface area (Å²) in [6, 6.07) is 0. The van der Waals surface area contributed by atoms with E-state index >= 15 is 0 Å². The first kappa shape index (κ1) is 19.6. The molecule has 3 nitrogen and oxygen atoms in total. The summed E-state index contributed by atoms with van der Waals surface area (Å²) in [5.41, 5.74) is 1.69. The van der Waals surface area contributed by atoms with E-state index in [4.69, 9.17) is 5.41 Å². The third-order valence-corrected chi connectivity index (χ3v) is 9.99. The molecule has 3 heteroatoms. The van der Waals surface area contributed by atoms with E-state index in [1.807, 2.05) is 0 Å². The molecule has 0 radical (unpaired) electrons. The predicted octanol–water partition coefficient (Wildman–Crippen LogP) is 5.25. The Morgan fingerprint density at radius 3 is 2.59 bits per heavy atom. The number of rotatable bonds is 4. The van der Waals surface area contributed by atoms with Gasteiger partial charge in [0.25, 0.3) is 0 Å². The van der Waals surface area contributed by atoms with E-state index in [0.717, 1.165) is 50.0 Å². The molecule has 4 aliphatic carbocycles. The van der Waals surface area contributed by atoms with E-state index in [1.165, 1.54) is 25.7 Å². The number of hydrogen-bond acceptors (Lipinski definition) is 3. The molecule has 2 N–H and O–H groups in total. The summed E-state index contributed by atoms with van der Waals surface area (Å²) in [5, 5.41) is 19.2. The van der Waals surface area contributed by atoms with Crippen LogP contribution in [0.15, 0.2) is 0 Å². The van der Waals surface area contributed by atoms with Gasteiger partial charge in [0.2, 0.25) is 0 Å². The Kier molecular flexibility index (Phi) is 5.06. The maximum absolute atomic E-state index is 10.9. The van der Waals surface area contributed by atoms with Gasteiger partial charge < -0.3 is 15.3 Å². The van der Waals surface area contributed by atoms with Crippen molar-refractivity contribution < 1.29 is 9.90 Å². The average Bonchev–Trinajstić information content (AvgIpc) is 2.98. The Bertz CT molecular complexity index is 603. The normalized spacial score (nSPS) is 50.4. The molecule has 0 heterocycles. The van der Waals surface area contributed by atoms with Crippen LogP contribution in [0.3, 0.4) is 0 Å². The SMILES string of the molecule is C[C@H](CCC=O)C1CCC2C3C(=N)CC4C[C@H](O)CCC4(C)C3CCC21C. The van der Waals surface area contributed by atoms with Gasteiger partial charge in [0.05, 0.1) is 6.10 Å². The molecule has 27 heavy (non-hydrogen) atoms. The topological polar surface area (TPSA) is 61.2 Å². The summed E-state index contributed by atoms with van der Waals surface area (Å²) in [7, 11) is 0. The van der Waals surface area contributed by atoms with E-state index in [1.54, 1.807) is 0 Å². The third-order valence-electron chi connectivity index (χ3n) is 9.99. The Morgan fingerprint density at radius 1 is 1.15 bits per heavy atom. The molecule has 7 unspecified atom stereocenters. The smallest absolute Gasteiger partial charge is 0.120 e. The molecule has 9 atom stereocenters. The lowest BCUT2D eigenvalue weighted by Crippen LogP contribution is -2.57. The lowest BCUT2D eigenvalue weighted by atomic mass is 9.44. The third kappa shape index (κ3) is 2.94. The lowest BCUT2D eigenvalue weighted by molar-refractivity contribution is -0.108. The fraction of sp³-hybridized carbons (Fsp3) is 0.917. The van der Waals surface area contributed by atoms with Gasteiger partial charge in [-0.3, -0.25) is 0 Å². The van der Waals surface area contributed by atoms with Gasteiger partial charge in [0.15, 0.2) is 0 Å². The molecule has 0 amide bonds. The highest BCUT2D eigenvalue weighted by molar-refractivity contribution is 5.86. The molecular weight excluding hydrogens is 334 g/mol. The summed E-state index contributed by atoms with van der Waals surface area (Å²) >= 11 is 0. The first-order valence-electron chi connectivity index (χ1n) is 11.5. The van der Waals surface area contributed by atoms with Crippen molar-refractivity contribution in [3.05, 3.63) is 0 Å². The highest BCUT2D eigenvalue weighted by atomic mass is 16.3. The molecule has 4 saturated carbocycles. The van der Waals surface area contributed by atoms with Crippen molar-refractivity contribution in [2.24, 2.45) is 46.3 Å². The van der Waals surface area contributed by atoms with Crippen molar-refractivity contribution in [3.63, 3.8) is 0 Å². The zero-order valence-corrected chi connectivity index (χ0v) is 17.5. The van der Waals surface area contributed by atoms with Crippen LogP contribution in [-0.4, -0.2) is 23.2 Å². The molecule has 4 fully saturated rings. The first-order chi connectivity index (χ1) is 12.8. The minimum absolute atomic E-state index is 0.143. The number of carbonyl (C=O) groups is 1. The van der Waals surface area contributed by atoms with E-state index in [2.05, 4.69) is 20.8 Å². The van der Waals surface area contributed by atoms with Gasteiger partial charge in [0.1, 0.15) is 6.29 Å². The van der Waals surface area contributed by atoms with Crippen molar-refractivity contribution in [2.75, 3.05) is 0 Å². The number of nitrogens with one attached hydrogen (secondary N) is 1. The summed E-state index contributed by atoms with van der Waals surface area (Å²) in [5.74, 6) is 3.64. The molecule has 4 rings (SSSR count). The van der Waals surface area contributed by atoms with Crippen LogP contribution in [0.1, 0.15) is 85.0 Å². The number of hydrogen-bond donors (Lipinski definition) is 2. The molecule has 4 aliphatic rings. The van der Waals surface area contributed by atoms with Crippen LogP contribution in [0.5, 0.6) is 0 Å². The highest BCUT2D eigenvalue weighted by Crippen LogP contribution is 2.67. The summed E-state index contributed by atoms with van der Waals surface area (Å²) in [4.78, 5) is 10.9. The average molecular weight is 374 g/mol. The number of fused-ring (bicyclic) bond motifs is 5. The number of aliphatic hydroxyl groups excluding tert-OH is 1. The number of aldehydes is 1. The molecule has 0 aromatic rings. The maximum atomic E-state index is 10.9. The monoisotopic (exact) mass is 373 g/mol. The van der Waals surface area contributed by atoms with Crippen LogP contribution in [0, 0.1) is 51.7 Å². The summed E-state index contributed by atoms with van der Waals surface area (Å²) < 4.78 is 0. The van der Waals surface area contributed by atoms with Crippen LogP contribution in [0.4, 0.5) is 0 Å². The van der Waals surface area contributed by atoms with Gasteiger partial charge in [-0.25, -0.2) is 0 Å². The van der Waals surface area contributed by atoms with Gasteiger partial charge in [0, 0.05) is 18.1 Å². The summed E-state index contributed by atoms with van der Waals surface area (Å²) in [6.07, 6.45) is 11.7. The van der Waals surface area contributed by atoms with E-state index in [-0.39, 0.29) is 6.10 Å². The minimum Gasteiger partial charge on any atom is -0.393 e. The van der Waals surface area contributed by atoms with Crippen LogP contribution < -0.4 is 0 Å². The second-order valence-electron chi connectivity index (χ2n) is 11.0. The molecule has 0 aromatic heterocycles. The second kappa shape index (κ2) is 6.97. The molecule has 0 aliphatic heterocycles. The van der Waals surface area contributed by atoms with Crippen molar-refractivity contribution in [3.8, 4) is 0 Å². The van der Waals surface area contributed by atoms with E-state index in [9.17, 15) is 9.90 Å². The minimum atomic E-state index is -0.143. The lowest BCUT2D eigenvalue weighted by Gasteiger charge is -2.61. The number of carbonyl (C=O) groups excluding carboxylic acids is 1.